The van der Waals surface area contributed by atoms with E-state index >= 15 is 0 Å². The zero-order chi connectivity index (χ0) is 19.0. The summed E-state index contributed by atoms with van der Waals surface area (Å²) in [5, 5.41) is 3.84. The number of rotatable bonds is 4. The van der Waals surface area contributed by atoms with Crippen LogP contribution in [0.15, 0.2) is 65.5 Å². The normalized spacial score (nSPS) is 12.4. The molecule has 4 aromatic rings. The molecule has 0 aliphatic heterocycles. The number of aromatic nitrogens is 3. The maximum Gasteiger partial charge on any atom is 0.273 e. The second kappa shape index (κ2) is 6.72. The maximum absolute atomic E-state index is 12.9. The van der Waals surface area contributed by atoms with E-state index in [2.05, 4.69) is 10.3 Å². The molecule has 0 bridgehead atoms. The Balaban J connectivity index is 1.77. The molecule has 1 amide bonds. The minimum Gasteiger partial charge on any atom is -0.350 e. The van der Waals surface area contributed by atoms with Crippen LogP contribution >= 0.6 is 0 Å². The molecule has 1 atom stereocenters. The number of aryl methyl sites for hydroxylation is 1. The van der Waals surface area contributed by atoms with Crippen LogP contribution in [0, 0.1) is 6.92 Å². The van der Waals surface area contributed by atoms with Crippen LogP contribution in [-0.4, -0.2) is 20.1 Å². The molecule has 27 heavy (non-hydrogen) atoms. The predicted octanol–water partition coefficient (Wildman–Crippen LogP) is 2.84. The molecule has 0 radical (unpaired) electrons. The van der Waals surface area contributed by atoms with Crippen molar-refractivity contribution < 1.29 is 4.79 Å². The van der Waals surface area contributed by atoms with Gasteiger partial charge >= 0.3 is 0 Å². The highest BCUT2D eigenvalue weighted by Gasteiger charge is 2.22. The summed E-state index contributed by atoms with van der Waals surface area (Å²) in [6.07, 6.45) is 0. The largest absolute Gasteiger partial charge is 0.350 e. The van der Waals surface area contributed by atoms with Crippen LogP contribution in [0.4, 0.5) is 0 Å². The van der Waals surface area contributed by atoms with Crippen LogP contribution in [0.3, 0.4) is 0 Å². The maximum atomic E-state index is 12.9. The molecule has 2 aromatic carbocycles. The van der Waals surface area contributed by atoms with E-state index in [9.17, 15) is 9.59 Å². The summed E-state index contributed by atoms with van der Waals surface area (Å²) in [6, 6.07) is 18.5. The summed E-state index contributed by atoms with van der Waals surface area (Å²) in [5.41, 5.74) is 2.93. The lowest BCUT2D eigenvalue weighted by Gasteiger charge is -2.18. The smallest absolute Gasteiger partial charge is 0.273 e. The molecule has 136 valence electrons. The van der Waals surface area contributed by atoms with Crippen molar-refractivity contribution in [1.29, 1.82) is 0 Å². The Morgan fingerprint density at radius 2 is 1.81 bits per heavy atom. The molecule has 6 heteroatoms. The summed E-state index contributed by atoms with van der Waals surface area (Å²) in [7, 11) is 0. The quantitative estimate of drug-likeness (QED) is 0.608. The number of carbonyl (C=O) groups excluding carboxylic acids is 1. The van der Waals surface area contributed by atoms with Gasteiger partial charge in [0.2, 0.25) is 5.91 Å². The summed E-state index contributed by atoms with van der Waals surface area (Å²) in [5.74, 6) is -0.0976. The Hall–Kier alpha value is -3.41. The van der Waals surface area contributed by atoms with Gasteiger partial charge in [-0.05, 0) is 31.5 Å². The van der Waals surface area contributed by atoms with E-state index in [-0.39, 0.29) is 11.5 Å². The summed E-state index contributed by atoms with van der Waals surface area (Å²) in [4.78, 5) is 28.9. The molecule has 0 saturated heterocycles. The van der Waals surface area contributed by atoms with E-state index in [4.69, 9.17) is 0 Å². The average molecular weight is 360 g/mol. The number of benzene rings is 2. The molecule has 0 aliphatic rings. The number of hydrogen-bond acceptors (Lipinski definition) is 3. The van der Waals surface area contributed by atoms with Crippen LogP contribution < -0.4 is 10.9 Å². The van der Waals surface area contributed by atoms with Gasteiger partial charge in [-0.15, -0.1) is 0 Å². The highest BCUT2D eigenvalue weighted by atomic mass is 16.2. The van der Waals surface area contributed by atoms with Gasteiger partial charge in [-0.25, -0.2) is 4.52 Å². The minimum absolute atomic E-state index is 0.0976. The first kappa shape index (κ1) is 17.0. The van der Waals surface area contributed by atoms with Gasteiger partial charge in [0.1, 0.15) is 6.04 Å². The minimum atomic E-state index is -0.473. The van der Waals surface area contributed by atoms with Gasteiger partial charge in [-0.1, -0.05) is 42.5 Å². The van der Waals surface area contributed by atoms with E-state index in [1.807, 2.05) is 77.6 Å². The topological polar surface area (TPSA) is 68.4 Å². The summed E-state index contributed by atoms with van der Waals surface area (Å²) in [6.45, 7) is 4.16. The Morgan fingerprint density at radius 3 is 2.59 bits per heavy atom. The van der Waals surface area contributed by atoms with E-state index in [0.29, 0.717) is 12.2 Å². The molecule has 2 heterocycles. The first-order valence-corrected chi connectivity index (χ1v) is 8.87. The Bertz CT molecular complexity index is 1190. The van der Waals surface area contributed by atoms with Gasteiger partial charge in [-0.2, -0.15) is 4.98 Å². The van der Waals surface area contributed by atoms with Crippen molar-refractivity contribution in [1.82, 2.24) is 19.5 Å². The second-order valence-electron chi connectivity index (χ2n) is 6.61. The van der Waals surface area contributed by atoms with Crippen molar-refractivity contribution in [3.05, 3.63) is 82.3 Å². The van der Waals surface area contributed by atoms with Crippen LogP contribution in [0.1, 0.15) is 24.2 Å². The number of hydrogen-bond donors (Lipinski definition) is 1. The number of nitrogens with one attached hydrogen (secondary N) is 1. The predicted molar refractivity (Wildman–Crippen MR) is 105 cm³/mol. The first-order chi connectivity index (χ1) is 13.1. The molecule has 1 N–H and O–H groups in total. The van der Waals surface area contributed by atoms with Crippen molar-refractivity contribution in [2.45, 2.75) is 26.4 Å². The average Bonchev–Trinajstić information content (AvgIpc) is 3.01. The molecular formula is C21H20N4O2. The van der Waals surface area contributed by atoms with E-state index in [0.717, 1.165) is 22.2 Å². The van der Waals surface area contributed by atoms with Gasteiger partial charge in [0.25, 0.3) is 5.56 Å². The molecule has 4 rings (SSSR count). The SMILES string of the molecule is Cc1cc(=O)nc2c3ccccc3n([C@H](C)C(=O)NCc3ccccc3)n12. The van der Waals surface area contributed by atoms with Crippen LogP contribution in [0.2, 0.25) is 0 Å². The molecule has 0 saturated carbocycles. The van der Waals surface area contributed by atoms with Crippen molar-refractivity contribution >= 4 is 22.5 Å². The standard InChI is InChI=1S/C21H20N4O2/c1-14-12-19(26)23-20-17-10-6-7-11-18(17)25(24(14)20)15(2)21(27)22-13-16-8-4-3-5-9-16/h3-12,15H,13H2,1-2H3,(H,22,27)/t15-/m1/s1. The zero-order valence-electron chi connectivity index (χ0n) is 15.2. The van der Waals surface area contributed by atoms with E-state index in [1.165, 1.54) is 6.07 Å². The van der Waals surface area contributed by atoms with E-state index in [1.54, 1.807) is 0 Å². The monoisotopic (exact) mass is 360 g/mol. The molecule has 2 aromatic heterocycles. The lowest BCUT2D eigenvalue weighted by molar-refractivity contribution is -0.124. The van der Waals surface area contributed by atoms with Crippen LogP contribution in [0.5, 0.6) is 0 Å². The molecule has 0 unspecified atom stereocenters. The Kier molecular flexibility index (Phi) is 4.24. The van der Waals surface area contributed by atoms with Crippen LogP contribution in [-0.2, 0) is 11.3 Å². The number of fused-ring (bicyclic) bond motifs is 3. The van der Waals surface area contributed by atoms with Gasteiger partial charge < -0.3 is 5.32 Å². The fraction of sp³-hybridized carbons (Fsp3) is 0.190. The number of nitrogens with zero attached hydrogens (tertiary/aromatic N) is 3. The zero-order valence-corrected chi connectivity index (χ0v) is 15.2. The summed E-state index contributed by atoms with van der Waals surface area (Å²) >= 11 is 0. The number of para-hydroxylation sites is 1. The molecule has 0 spiro atoms. The Labute approximate surface area is 156 Å². The first-order valence-electron chi connectivity index (χ1n) is 8.87. The number of amides is 1. The highest BCUT2D eigenvalue weighted by Crippen LogP contribution is 2.25. The molecular weight excluding hydrogens is 340 g/mol. The van der Waals surface area contributed by atoms with Crippen molar-refractivity contribution in [2.75, 3.05) is 0 Å². The third-order valence-electron chi connectivity index (χ3n) is 4.75. The van der Waals surface area contributed by atoms with Crippen molar-refractivity contribution in [3.8, 4) is 0 Å². The second-order valence-corrected chi connectivity index (χ2v) is 6.61. The fourth-order valence-electron chi connectivity index (χ4n) is 3.43. The van der Waals surface area contributed by atoms with Gasteiger partial charge in [0.05, 0.1) is 5.52 Å². The fourth-order valence-corrected chi connectivity index (χ4v) is 3.43. The third-order valence-corrected chi connectivity index (χ3v) is 4.75. The highest BCUT2D eigenvalue weighted by molar-refractivity contribution is 5.94. The lowest BCUT2D eigenvalue weighted by Crippen LogP contribution is -2.32. The Morgan fingerprint density at radius 1 is 1.11 bits per heavy atom. The van der Waals surface area contributed by atoms with Crippen molar-refractivity contribution in [3.63, 3.8) is 0 Å². The number of carbonyl (C=O) groups is 1. The lowest BCUT2D eigenvalue weighted by atomic mass is 10.2. The summed E-state index contributed by atoms with van der Waals surface area (Å²) < 4.78 is 3.74. The van der Waals surface area contributed by atoms with Gasteiger partial charge in [0, 0.05) is 23.7 Å². The van der Waals surface area contributed by atoms with Crippen LogP contribution in [0.25, 0.3) is 16.6 Å². The van der Waals surface area contributed by atoms with Gasteiger partial charge in [-0.3, -0.25) is 14.3 Å². The molecule has 6 nitrogen and oxygen atoms in total. The van der Waals surface area contributed by atoms with E-state index < -0.39 is 6.04 Å². The van der Waals surface area contributed by atoms with Gasteiger partial charge in [0.15, 0.2) is 5.65 Å². The molecule has 0 fully saturated rings. The molecule has 0 aliphatic carbocycles. The third kappa shape index (κ3) is 2.99. The van der Waals surface area contributed by atoms with Crippen molar-refractivity contribution in [2.24, 2.45) is 0 Å².